The van der Waals surface area contributed by atoms with Gasteiger partial charge in [0.1, 0.15) is 11.0 Å². The van der Waals surface area contributed by atoms with E-state index in [9.17, 15) is 4.79 Å². The molecule has 4 heteroatoms. The van der Waals surface area contributed by atoms with Crippen molar-refractivity contribution in [3.05, 3.63) is 36.1 Å². The zero-order valence-corrected chi connectivity index (χ0v) is 10.5. The molecule has 0 aliphatic heterocycles. The van der Waals surface area contributed by atoms with Gasteiger partial charge >= 0.3 is 0 Å². The summed E-state index contributed by atoms with van der Waals surface area (Å²) in [6, 6.07) is 9.92. The molecule has 1 aliphatic carbocycles. The second-order valence-electron chi connectivity index (χ2n) is 4.96. The number of carbonyl (C=O) groups excluding carboxylic acids is 1. The predicted octanol–water partition coefficient (Wildman–Crippen LogP) is 2.40. The van der Waals surface area contributed by atoms with Crippen molar-refractivity contribution in [2.75, 3.05) is 6.54 Å². The van der Waals surface area contributed by atoms with Crippen LogP contribution in [0.5, 0.6) is 0 Å². The van der Waals surface area contributed by atoms with Crippen LogP contribution in [0.2, 0.25) is 0 Å². The fourth-order valence-electron chi connectivity index (χ4n) is 2.22. The number of furan rings is 1. The van der Waals surface area contributed by atoms with E-state index < -0.39 is 5.41 Å². The molecule has 1 fully saturated rings. The number of nitrogens with zero attached hydrogens (tertiary/aromatic N) is 1. The number of carbonyl (C=O) groups is 1. The van der Waals surface area contributed by atoms with E-state index in [4.69, 9.17) is 9.68 Å². The number of nitrogens with one attached hydrogen (secondary N) is 1. The second-order valence-corrected chi connectivity index (χ2v) is 4.96. The summed E-state index contributed by atoms with van der Waals surface area (Å²) >= 11 is 0. The standard InChI is InChI=1S/C15H14N2O2/c16-10-15(6-7-15)14(18)17-8-5-11-9-19-13-4-2-1-3-12(11)13/h1-4,9H,5-8H2,(H,17,18). The molecule has 1 aromatic heterocycles. The minimum atomic E-state index is -0.738. The molecule has 1 N–H and O–H groups in total. The van der Waals surface area contributed by atoms with Crippen molar-refractivity contribution in [1.82, 2.24) is 5.32 Å². The normalized spacial score (nSPS) is 15.9. The van der Waals surface area contributed by atoms with E-state index in [1.54, 1.807) is 6.26 Å². The van der Waals surface area contributed by atoms with Crippen LogP contribution in [-0.2, 0) is 11.2 Å². The Labute approximate surface area is 111 Å². The van der Waals surface area contributed by atoms with Crippen molar-refractivity contribution in [2.24, 2.45) is 5.41 Å². The molecular formula is C15H14N2O2. The summed E-state index contributed by atoms with van der Waals surface area (Å²) in [5.41, 5.74) is 1.20. The lowest BCUT2D eigenvalue weighted by Crippen LogP contribution is -2.32. The second kappa shape index (κ2) is 4.43. The molecule has 0 bridgehead atoms. The van der Waals surface area contributed by atoms with Crippen LogP contribution in [0, 0.1) is 16.7 Å². The maximum Gasteiger partial charge on any atom is 0.240 e. The Morgan fingerprint density at radius 3 is 2.95 bits per heavy atom. The van der Waals surface area contributed by atoms with Gasteiger partial charge in [-0.2, -0.15) is 5.26 Å². The van der Waals surface area contributed by atoms with Crippen molar-refractivity contribution >= 4 is 16.9 Å². The van der Waals surface area contributed by atoms with Gasteiger partial charge in [-0.1, -0.05) is 18.2 Å². The zero-order valence-electron chi connectivity index (χ0n) is 10.5. The summed E-state index contributed by atoms with van der Waals surface area (Å²) in [6.07, 6.45) is 3.81. The highest BCUT2D eigenvalue weighted by Crippen LogP contribution is 2.44. The Morgan fingerprint density at radius 2 is 2.21 bits per heavy atom. The highest BCUT2D eigenvalue weighted by atomic mass is 16.3. The van der Waals surface area contributed by atoms with Crippen LogP contribution in [0.4, 0.5) is 0 Å². The molecule has 1 aliphatic rings. The van der Waals surface area contributed by atoms with Gasteiger partial charge in [0.2, 0.25) is 5.91 Å². The van der Waals surface area contributed by atoms with E-state index >= 15 is 0 Å². The maximum atomic E-state index is 11.8. The van der Waals surface area contributed by atoms with Crippen LogP contribution in [0.25, 0.3) is 11.0 Å². The van der Waals surface area contributed by atoms with E-state index in [0.717, 1.165) is 16.5 Å². The first-order valence-corrected chi connectivity index (χ1v) is 6.40. The number of fused-ring (bicyclic) bond motifs is 1. The molecule has 0 saturated heterocycles. The van der Waals surface area contributed by atoms with Crippen molar-refractivity contribution in [3.8, 4) is 6.07 Å². The average Bonchev–Trinajstić information content (AvgIpc) is 3.15. The van der Waals surface area contributed by atoms with Crippen LogP contribution in [0.1, 0.15) is 18.4 Å². The lowest BCUT2D eigenvalue weighted by Gasteiger charge is -2.07. The molecule has 0 spiro atoms. The molecule has 0 radical (unpaired) electrons. The number of amides is 1. The van der Waals surface area contributed by atoms with E-state index in [-0.39, 0.29) is 5.91 Å². The molecular weight excluding hydrogens is 240 g/mol. The largest absolute Gasteiger partial charge is 0.464 e. The van der Waals surface area contributed by atoms with Gasteiger partial charge in [-0.05, 0) is 30.9 Å². The molecule has 1 aromatic carbocycles. The lowest BCUT2D eigenvalue weighted by atomic mass is 10.1. The van der Waals surface area contributed by atoms with E-state index in [2.05, 4.69) is 11.4 Å². The quantitative estimate of drug-likeness (QED) is 0.911. The van der Waals surface area contributed by atoms with Crippen molar-refractivity contribution < 1.29 is 9.21 Å². The van der Waals surface area contributed by atoms with Crippen LogP contribution >= 0.6 is 0 Å². The van der Waals surface area contributed by atoms with Gasteiger partial charge < -0.3 is 9.73 Å². The molecule has 1 amide bonds. The molecule has 4 nitrogen and oxygen atoms in total. The van der Waals surface area contributed by atoms with Crippen molar-refractivity contribution in [1.29, 1.82) is 5.26 Å². The number of nitriles is 1. The Morgan fingerprint density at radius 1 is 1.42 bits per heavy atom. The molecule has 3 rings (SSSR count). The summed E-state index contributed by atoms with van der Waals surface area (Å²) in [6.45, 7) is 0.534. The van der Waals surface area contributed by atoms with Gasteiger partial charge in [-0.3, -0.25) is 4.79 Å². The van der Waals surface area contributed by atoms with Crippen LogP contribution in [0.15, 0.2) is 34.9 Å². The summed E-state index contributed by atoms with van der Waals surface area (Å²) < 4.78 is 5.44. The van der Waals surface area contributed by atoms with Crippen LogP contribution in [-0.4, -0.2) is 12.5 Å². The van der Waals surface area contributed by atoms with Crippen LogP contribution in [0.3, 0.4) is 0 Å². The molecule has 0 unspecified atom stereocenters. The third-order valence-electron chi connectivity index (χ3n) is 3.64. The Hall–Kier alpha value is -2.28. The molecule has 1 saturated carbocycles. The third-order valence-corrected chi connectivity index (χ3v) is 3.64. The van der Waals surface area contributed by atoms with E-state index in [1.165, 1.54) is 0 Å². The van der Waals surface area contributed by atoms with Crippen molar-refractivity contribution in [2.45, 2.75) is 19.3 Å². The fourth-order valence-corrected chi connectivity index (χ4v) is 2.22. The van der Waals surface area contributed by atoms with Gasteiger partial charge in [-0.25, -0.2) is 0 Å². The lowest BCUT2D eigenvalue weighted by molar-refractivity contribution is -0.124. The SMILES string of the molecule is N#CC1(C(=O)NCCc2coc3ccccc23)CC1. The van der Waals surface area contributed by atoms with Gasteiger partial charge in [-0.15, -0.1) is 0 Å². The smallest absolute Gasteiger partial charge is 0.240 e. The van der Waals surface area contributed by atoms with E-state index in [0.29, 0.717) is 25.8 Å². The Balaban J connectivity index is 1.61. The first-order valence-electron chi connectivity index (χ1n) is 6.40. The molecule has 0 atom stereocenters. The minimum Gasteiger partial charge on any atom is -0.464 e. The topological polar surface area (TPSA) is 66.0 Å². The van der Waals surface area contributed by atoms with Gasteiger partial charge in [0.15, 0.2) is 0 Å². The molecule has 19 heavy (non-hydrogen) atoms. The van der Waals surface area contributed by atoms with Crippen molar-refractivity contribution in [3.63, 3.8) is 0 Å². The summed E-state index contributed by atoms with van der Waals surface area (Å²) in [5, 5.41) is 12.8. The molecule has 1 heterocycles. The van der Waals surface area contributed by atoms with Crippen LogP contribution < -0.4 is 5.32 Å². The Kier molecular flexibility index (Phi) is 2.75. The highest BCUT2D eigenvalue weighted by molar-refractivity contribution is 5.88. The maximum absolute atomic E-state index is 11.8. The van der Waals surface area contributed by atoms with Gasteiger partial charge in [0, 0.05) is 11.9 Å². The number of rotatable bonds is 4. The fraction of sp³-hybridized carbons (Fsp3) is 0.333. The van der Waals surface area contributed by atoms with Gasteiger partial charge in [0.25, 0.3) is 0 Å². The minimum absolute atomic E-state index is 0.136. The van der Waals surface area contributed by atoms with Gasteiger partial charge in [0.05, 0.1) is 12.3 Å². The van der Waals surface area contributed by atoms with E-state index in [1.807, 2.05) is 24.3 Å². The predicted molar refractivity (Wildman–Crippen MR) is 70.2 cm³/mol. The number of benzene rings is 1. The number of hydrogen-bond donors (Lipinski definition) is 1. The summed E-state index contributed by atoms with van der Waals surface area (Å²) in [5.74, 6) is -0.136. The Bertz CT molecular complexity index is 662. The average molecular weight is 254 g/mol. The monoisotopic (exact) mass is 254 g/mol. The molecule has 2 aromatic rings. The number of para-hydroxylation sites is 1. The first kappa shape index (κ1) is 11.8. The molecule has 96 valence electrons. The zero-order chi connectivity index (χ0) is 13.3. The number of hydrogen-bond acceptors (Lipinski definition) is 3. The summed E-state index contributed by atoms with van der Waals surface area (Å²) in [4.78, 5) is 11.8. The highest BCUT2D eigenvalue weighted by Gasteiger charge is 2.50. The third kappa shape index (κ3) is 2.08. The first-order chi connectivity index (χ1) is 9.25. The summed E-state index contributed by atoms with van der Waals surface area (Å²) in [7, 11) is 0.